The number of fused-ring (bicyclic) bond motifs is 1. The number of hydrogen-bond donors (Lipinski definition) is 3. The van der Waals surface area contributed by atoms with Crippen molar-refractivity contribution in [1.82, 2.24) is 15.8 Å². The van der Waals surface area contributed by atoms with Crippen molar-refractivity contribution in [3.05, 3.63) is 54.4 Å². The second-order valence-corrected chi connectivity index (χ2v) is 4.14. The minimum Gasteiger partial charge on any atom is -0.506 e. The quantitative estimate of drug-likeness (QED) is 0.635. The summed E-state index contributed by atoms with van der Waals surface area (Å²) >= 11 is 0. The second-order valence-electron chi connectivity index (χ2n) is 4.14. The van der Waals surface area contributed by atoms with Crippen LogP contribution in [0.2, 0.25) is 0 Å². The van der Waals surface area contributed by atoms with Crippen molar-refractivity contribution in [2.45, 2.75) is 6.92 Å². The van der Waals surface area contributed by atoms with Crippen LogP contribution in [0, 0.1) is 6.92 Å². The molecule has 0 saturated carbocycles. The Labute approximate surface area is 119 Å². The van der Waals surface area contributed by atoms with Crippen LogP contribution >= 0.6 is 0 Å². The van der Waals surface area contributed by atoms with Crippen molar-refractivity contribution in [2.24, 2.45) is 5.73 Å². The molecular weight excluding hydrogens is 252 g/mol. The van der Waals surface area contributed by atoms with Crippen molar-refractivity contribution in [3.63, 3.8) is 0 Å². The minimum absolute atomic E-state index is 0. The molecule has 1 aromatic carbocycles. The third-order valence-electron chi connectivity index (χ3n) is 2.86. The Morgan fingerprint density at radius 2 is 1.80 bits per heavy atom. The smallest absolute Gasteiger partial charge is 0.134 e. The summed E-state index contributed by atoms with van der Waals surface area (Å²) in [5.41, 5.74) is 8.78. The van der Waals surface area contributed by atoms with E-state index in [1.165, 1.54) is 12.6 Å². The van der Waals surface area contributed by atoms with E-state index in [4.69, 9.17) is 0 Å². The summed E-state index contributed by atoms with van der Waals surface area (Å²) in [5, 5.41) is 13.8. The highest BCUT2D eigenvalue weighted by Gasteiger charge is 2.06. The van der Waals surface area contributed by atoms with Gasteiger partial charge in [0.15, 0.2) is 0 Å². The first-order chi connectivity index (χ1) is 9.24. The lowest BCUT2D eigenvalue weighted by atomic mass is 10.0. The number of rotatable bonds is 1. The molecule has 0 aliphatic carbocycles. The summed E-state index contributed by atoms with van der Waals surface area (Å²) < 4.78 is 1.69. The fourth-order valence-corrected chi connectivity index (χ4v) is 1.98. The van der Waals surface area contributed by atoms with Crippen LogP contribution in [-0.4, -0.2) is 21.8 Å². The Hall–Kier alpha value is -2.37. The van der Waals surface area contributed by atoms with Gasteiger partial charge in [-0.1, -0.05) is 29.8 Å². The van der Waals surface area contributed by atoms with Crippen molar-refractivity contribution in [3.8, 4) is 16.9 Å². The number of hydrogen-bond acceptors (Lipinski definition) is 4. The normalized spacial score (nSPS) is 9.55. The van der Waals surface area contributed by atoms with Crippen molar-refractivity contribution in [2.75, 3.05) is 7.05 Å². The second kappa shape index (κ2) is 6.70. The van der Waals surface area contributed by atoms with Gasteiger partial charge < -0.3 is 17.0 Å². The average Bonchev–Trinajstić information content (AvgIpc) is 2.89. The lowest BCUT2D eigenvalue weighted by molar-refractivity contribution is 0.471. The highest BCUT2D eigenvalue weighted by Crippen LogP contribution is 2.28. The molecule has 0 atom stereocenters. The maximum Gasteiger partial charge on any atom is 0.134 e. The molecule has 108 valence electrons. The fourth-order valence-electron chi connectivity index (χ4n) is 1.98. The van der Waals surface area contributed by atoms with E-state index in [1.54, 1.807) is 23.0 Å². The summed E-state index contributed by atoms with van der Waals surface area (Å²) in [4.78, 5) is 0. The molecule has 3 rings (SSSR count). The zero-order chi connectivity index (χ0) is 13.8. The largest absolute Gasteiger partial charge is 0.506 e. The predicted octanol–water partition coefficient (Wildman–Crippen LogP) is 3.00. The van der Waals surface area contributed by atoms with E-state index in [9.17, 15) is 5.11 Å². The van der Waals surface area contributed by atoms with Gasteiger partial charge in [0.1, 0.15) is 5.75 Å². The Bertz CT molecular complexity index is 680. The van der Waals surface area contributed by atoms with Gasteiger partial charge in [-0.3, -0.25) is 0 Å². The Morgan fingerprint density at radius 3 is 2.45 bits per heavy atom. The van der Waals surface area contributed by atoms with Gasteiger partial charge in [-0.15, -0.1) is 0 Å². The van der Waals surface area contributed by atoms with Crippen molar-refractivity contribution >= 4 is 5.52 Å². The van der Waals surface area contributed by atoms with Gasteiger partial charge in [0, 0.05) is 6.99 Å². The molecule has 0 aliphatic rings. The van der Waals surface area contributed by atoms with E-state index in [1.807, 2.05) is 6.07 Å². The van der Waals surface area contributed by atoms with Gasteiger partial charge in [0.05, 0.1) is 17.9 Å². The zero-order valence-electron chi connectivity index (χ0n) is 11.7. The Kier molecular flexibility index (Phi) is 5.25. The number of aromatic nitrogens is 2. The van der Waals surface area contributed by atoms with Gasteiger partial charge >= 0.3 is 0 Å². The number of pyridine rings is 1. The lowest BCUT2D eigenvalue weighted by Crippen LogP contribution is -1.89. The molecule has 5 nitrogen and oxygen atoms in total. The molecule has 3 aromatic rings. The standard InChI is InChI=1S/C14H12N2O.CH5N.H3N.H2/c1-10-2-4-11(5-3-10)13-8-12(17)9-16-14(13)6-7-15-16;1-2;;/h2-9,17H,1H3;2H2,1H3;1H3;1H/i;;;1+1. The first kappa shape index (κ1) is 15.7. The molecule has 0 fully saturated rings. The van der Waals surface area contributed by atoms with Crippen LogP contribution in [0.1, 0.15) is 6.99 Å². The average molecular weight is 275 g/mol. The van der Waals surface area contributed by atoms with Crippen molar-refractivity contribution < 1.29 is 6.53 Å². The van der Waals surface area contributed by atoms with Gasteiger partial charge in [-0.25, -0.2) is 4.52 Å². The highest BCUT2D eigenvalue weighted by atomic mass is 16.3. The summed E-state index contributed by atoms with van der Waals surface area (Å²) in [5.74, 6) is 0.219. The van der Waals surface area contributed by atoms with Crippen LogP contribution in [0.4, 0.5) is 0 Å². The number of aryl methyl sites for hydroxylation is 1. The maximum absolute atomic E-state index is 9.68. The third kappa shape index (κ3) is 2.96. The Balaban J connectivity index is 0.000000961. The number of nitrogens with two attached hydrogens (primary N) is 1. The molecule has 0 radical (unpaired) electrons. The van der Waals surface area contributed by atoms with E-state index in [2.05, 4.69) is 42.0 Å². The highest BCUT2D eigenvalue weighted by molar-refractivity contribution is 5.81. The summed E-state index contributed by atoms with van der Waals surface area (Å²) in [6.07, 6.45) is 3.33. The van der Waals surface area contributed by atoms with E-state index in [-0.39, 0.29) is 13.3 Å². The predicted molar refractivity (Wildman–Crippen MR) is 84.3 cm³/mol. The lowest BCUT2D eigenvalue weighted by Gasteiger charge is -2.06. The molecular formula is C15H22N4O. The molecule has 0 saturated heterocycles. The third-order valence-corrected chi connectivity index (χ3v) is 2.86. The van der Waals surface area contributed by atoms with Crippen LogP contribution in [0.3, 0.4) is 0 Å². The zero-order valence-corrected chi connectivity index (χ0v) is 11.7. The topological polar surface area (TPSA) is 98.5 Å². The first-order valence-electron chi connectivity index (χ1n) is 6.05. The van der Waals surface area contributed by atoms with Gasteiger partial charge in [0.25, 0.3) is 0 Å². The van der Waals surface area contributed by atoms with Crippen LogP contribution in [0.25, 0.3) is 16.6 Å². The van der Waals surface area contributed by atoms with Gasteiger partial charge in [0.2, 0.25) is 0 Å². The van der Waals surface area contributed by atoms with Crippen LogP contribution in [-0.2, 0) is 0 Å². The summed E-state index contributed by atoms with van der Waals surface area (Å²) in [6.45, 7) is 2.06. The van der Waals surface area contributed by atoms with E-state index < -0.39 is 0 Å². The molecule has 0 unspecified atom stereocenters. The molecule has 0 aliphatic heterocycles. The number of benzene rings is 1. The first-order valence-corrected chi connectivity index (χ1v) is 6.05. The van der Waals surface area contributed by atoms with Crippen LogP contribution in [0.15, 0.2) is 48.8 Å². The number of nitrogens with zero attached hydrogens (tertiary/aromatic N) is 2. The SMILES string of the molecule is CN.Cc1ccc(-c2cc(O)cn3nccc23)cc1.N.[2HH]. The molecule has 2 heterocycles. The molecule has 20 heavy (non-hydrogen) atoms. The molecule has 2 aromatic heterocycles. The number of aromatic hydroxyl groups is 1. The molecule has 0 bridgehead atoms. The minimum atomic E-state index is 0. The summed E-state index contributed by atoms with van der Waals surface area (Å²) in [6, 6.07) is 11.9. The molecule has 5 heteroatoms. The molecule has 0 spiro atoms. The van der Waals surface area contributed by atoms with Crippen LogP contribution < -0.4 is 11.9 Å². The van der Waals surface area contributed by atoms with Gasteiger partial charge in [-0.2, -0.15) is 5.10 Å². The maximum atomic E-state index is 9.68. The van der Waals surface area contributed by atoms with E-state index in [0.717, 1.165) is 16.6 Å². The summed E-state index contributed by atoms with van der Waals surface area (Å²) in [7, 11) is 1.50. The van der Waals surface area contributed by atoms with Gasteiger partial charge in [-0.05, 0) is 31.7 Å². The molecule has 6 N–H and O–H groups in total. The van der Waals surface area contributed by atoms with E-state index >= 15 is 0 Å². The fraction of sp³-hybridized carbons (Fsp3) is 0.133. The molecule has 0 amide bonds. The van der Waals surface area contributed by atoms with Crippen LogP contribution in [0.5, 0.6) is 5.75 Å². The van der Waals surface area contributed by atoms with E-state index in [0.29, 0.717) is 0 Å². The Morgan fingerprint density at radius 1 is 1.15 bits per heavy atom. The van der Waals surface area contributed by atoms with Crippen molar-refractivity contribution in [1.29, 1.82) is 0 Å². The monoisotopic (exact) mass is 275 g/mol.